The first kappa shape index (κ1) is 12.3. The average molecular weight is 234 g/mol. The number of hydrogen-bond donors (Lipinski definition) is 1. The molecule has 94 valence electrons. The van der Waals surface area contributed by atoms with E-state index in [4.69, 9.17) is 0 Å². The Hall–Kier alpha value is -1.16. The van der Waals surface area contributed by atoms with Gasteiger partial charge in [0.1, 0.15) is 0 Å². The highest BCUT2D eigenvalue weighted by molar-refractivity contribution is 5.39. The number of anilines is 1. The second-order valence-electron chi connectivity index (χ2n) is 5.12. The zero-order valence-electron chi connectivity index (χ0n) is 10.8. The van der Waals surface area contributed by atoms with Crippen LogP contribution >= 0.6 is 0 Å². The van der Waals surface area contributed by atoms with Gasteiger partial charge in [-0.1, -0.05) is 13.8 Å². The first-order chi connectivity index (χ1) is 8.27. The van der Waals surface area contributed by atoms with E-state index in [0.717, 1.165) is 25.5 Å². The normalized spacial score (nSPS) is 20.2. The molecule has 1 aliphatic rings. The van der Waals surface area contributed by atoms with Gasteiger partial charge in [0, 0.05) is 25.3 Å². The lowest BCUT2D eigenvalue weighted by Gasteiger charge is -2.25. The van der Waals surface area contributed by atoms with E-state index in [2.05, 4.69) is 34.3 Å². The highest BCUT2D eigenvalue weighted by Gasteiger charge is 2.25. The fraction of sp³-hybridized carbons (Fsp3) is 0.692. The van der Waals surface area contributed by atoms with Gasteiger partial charge in [0.05, 0.1) is 0 Å². The SMILES string of the molecule is CC(C)CNCC1CCCN1c1cccnn1. The van der Waals surface area contributed by atoms with Crippen molar-refractivity contribution in [3.8, 4) is 0 Å². The van der Waals surface area contributed by atoms with Gasteiger partial charge in [0.15, 0.2) is 5.82 Å². The first-order valence-corrected chi connectivity index (χ1v) is 6.52. The zero-order chi connectivity index (χ0) is 12.1. The molecule has 1 saturated heterocycles. The maximum atomic E-state index is 4.20. The number of rotatable bonds is 5. The molecule has 1 atom stereocenters. The van der Waals surface area contributed by atoms with E-state index in [9.17, 15) is 0 Å². The van der Waals surface area contributed by atoms with Gasteiger partial charge in [-0.2, -0.15) is 5.10 Å². The van der Waals surface area contributed by atoms with E-state index in [1.165, 1.54) is 12.8 Å². The van der Waals surface area contributed by atoms with Crippen molar-refractivity contribution in [1.29, 1.82) is 0 Å². The van der Waals surface area contributed by atoms with Gasteiger partial charge in [-0.15, -0.1) is 5.10 Å². The Labute approximate surface area is 103 Å². The standard InChI is InChI=1S/C13H22N4/c1-11(2)9-14-10-12-5-4-8-17(12)13-6-3-7-15-16-13/h3,6-7,11-12,14H,4-5,8-10H2,1-2H3. The van der Waals surface area contributed by atoms with Crippen LogP contribution in [0.4, 0.5) is 5.82 Å². The Morgan fingerprint density at radius 2 is 2.41 bits per heavy atom. The molecule has 17 heavy (non-hydrogen) atoms. The molecule has 0 saturated carbocycles. The summed E-state index contributed by atoms with van der Waals surface area (Å²) in [7, 11) is 0. The minimum atomic E-state index is 0.574. The fourth-order valence-corrected chi connectivity index (χ4v) is 2.33. The lowest BCUT2D eigenvalue weighted by atomic mass is 10.2. The van der Waals surface area contributed by atoms with Crippen molar-refractivity contribution in [2.24, 2.45) is 5.92 Å². The highest BCUT2D eigenvalue weighted by Crippen LogP contribution is 2.22. The second kappa shape index (κ2) is 5.96. The summed E-state index contributed by atoms with van der Waals surface area (Å²) >= 11 is 0. The third-order valence-corrected chi connectivity index (χ3v) is 3.16. The summed E-state index contributed by atoms with van der Waals surface area (Å²) in [6.45, 7) is 7.72. The molecule has 1 aliphatic heterocycles. The van der Waals surface area contributed by atoms with Crippen LogP contribution in [0.25, 0.3) is 0 Å². The molecule has 0 aromatic carbocycles. The maximum absolute atomic E-state index is 4.20. The smallest absolute Gasteiger partial charge is 0.151 e. The highest BCUT2D eigenvalue weighted by atomic mass is 15.3. The topological polar surface area (TPSA) is 41.0 Å². The van der Waals surface area contributed by atoms with Crippen LogP contribution in [0, 0.1) is 5.92 Å². The van der Waals surface area contributed by atoms with Crippen LogP contribution < -0.4 is 10.2 Å². The van der Waals surface area contributed by atoms with Crippen LogP contribution in [0.2, 0.25) is 0 Å². The van der Waals surface area contributed by atoms with Gasteiger partial charge in [0.25, 0.3) is 0 Å². The van der Waals surface area contributed by atoms with Crippen molar-refractivity contribution in [2.45, 2.75) is 32.7 Å². The molecule has 0 amide bonds. The molecular weight excluding hydrogens is 212 g/mol. The monoisotopic (exact) mass is 234 g/mol. The average Bonchev–Trinajstić information content (AvgIpc) is 2.78. The molecule has 2 heterocycles. The van der Waals surface area contributed by atoms with Crippen LogP contribution in [0.5, 0.6) is 0 Å². The third-order valence-electron chi connectivity index (χ3n) is 3.16. The van der Waals surface area contributed by atoms with Crippen molar-refractivity contribution in [3.05, 3.63) is 18.3 Å². The molecule has 0 spiro atoms. The summed E-state index contributed by atoms with van der Waals surface area (Å²) in [6, 6.07) is 4.58. The summed E-state index contributed by atoms with van der Waals surface area (Å²) in [5.74, 6) is 1.72. The van der Waals surface area contributed by atoms with Crippen LogP contribution in [-0.4, -0.2) is 35.9 Å². The van der Waals surface area contributed by atoms with Crippen LogP contribution in [0.15, 0.2) is 18.3 Å². The van der Waals surface area contributed by atoms with E-state index in [-0.39, 0.29) is 0 Å². The van der Waals surface area contributed by atoms with Crippen molar-refractivity contribution in [1.82, 2.24) is 15.5 Å². The quantitative estimate of drug-likeness (QED) is 0.842. The van der Waals surface area contributed by atoms with Crippen molar-refractivity contribution < 1.29 is 0 Å². The Morgan fingerprint density at radius 1 is 1.53 bits per heavy atom. The summed E-state index contributed by atoms with van der Waals surface area (Å²) in [6.07, 6.45) is 4.23. The lowest BCUT2D eigenvalue weighted by Crippen LogP contribution is -2.39. The van der Waals surface area contributed by atoms with Gasteiger partial charge in [-0.3, -0.25) is 0 Å². The molecule has 1 N–H and O–H groups in total. The molecule has 2 rings (SSSR count). The summed E-state index contributed by atoms with van der Waals surface area (Å²) in [5.41, 5.74) is 0. The Bertz CT molecular complexity index is 325. The van der Waals surface area contributed by atoms with E-state index in [0.29, 0.717) is 12.0 Å². The number of nitrogens with zero attached hydrogens (tertiary/aromatic N) is 3. The van der Waals surface area contributed by atoms with Crippen LogP contribution in [0.1, 0.15) is 26.7 Å². The zero-order valence-corrected chi connectivity index (χ0v) is 10.8. The van der Waals surface area contributed by atoms with Crippen molar-refractivity contribution >= 4 is 5.82 Å². The fourth-order valence-electron chi connectivity index (χ4n) is 2.33. The molecule has 0 radical (unpaired) electrons. The molecule has 0 bridgehead atoms. The molecule has 1 unspecified atom stereocenters. The van der Waals surface area contributed by atoms with Gasteiger partial charge in [-0.25, -0.2) is 0 Å². The molecule has 4 heteroatoms. The molecule has 0 aliphatic carbocycles. The Morgan fingerprint density at radius 3 is 3.12 bits per heavy atom. The summed E-state index contributed by atoms with van der Waals surface area (Å²) in [5, 5.41) is 11.7. The lowest BCUT2D eigenvalue weighted by molar-refractivity contribution is 0.510. The molecule has 1 aromatic heterocycles. The van der Waals surface area contributed by atoms with Gasteiger partial charge < -0.3 is 10.2 Å². The van der Waals surface area contributed by atoms with Crippen LogP contribution in [0.3, 0.4) is 0 Å². The summed E-state index contributed by atoms with van der Waals surface area (Å²) < 4.78 is 0. The van der Waals surface area contributed by atoms with Crippen LogP contribution in [-0.2, 0) is 0 Å². The summed E-state index contributed by atoms with van der Waals surface area (Å²) in [4.78, 5) is 2.38. The van der Waals surface area contributed by atoms with Gasteiger partial charge in [0.2, 0.25) is 0 Å². The third kappa shape index (κ3) is 3.40. The molecule has 4 nitrogen and oxygen atoms in total. The number of aromatic nitrogens is 2. The largest absolute Gasteiger partial charge is 0.351 e. The Balaban J connectivity index is 1.89. The van der Waals surface area contributed by atoms with E-state index in [1.807, 2.05) is 12.1 Å². The molecule has 1 fully saturated rings. The first-order valence-electron chi connectivity index (χ1n) is 6.52. The molecular formula is C13H22N4. The minimum absolute atomic E-state index is 0.574. The second-order valence-corrected chi connectivity index (χ2v) is 5.12. The minimum Gasteiger partial charge on any atom is -0.351 e. The number of nitrogens with one attached hydrogen (secondary N) is 1. The van der Waals surface area contributed by atoms with Gasteiger partial charge >= 0.3 is 0 Å². The van der Waals surface area contributed by atoms with Crippen molar-refractivity contribution in [2.75, 3.05) is 24.5 Å². The maximum Gasteiger partial charge on any atom is 0.151 e. The van der Waals surface area contributed by atoms with Crippen molar-refractivity contribution in [3.63, 3.8) is 0 Å². The Kier molecular flexibility index (Phi) is 4.31. The van der Waals surface area contributed by atoms with E-state index < -0.39 is 0 Å². The predicted molar refractivity (Wildman–Crippen MR) is 70.1 cm³/mol. The van der Waals surface area contributed by atoms with Gasteiger partial charge in [-0.05, 0) is 37.4 Å². The van der Waals surface area contributed by atoms with E-state index in [1.54, 1.807) is 6.20 Å². The van der Waals surface area contributed by atoms with E-state index >= 15 is 0 Å². The predicted octanol–water partition coefficient (Wildman–Crippen LogP) is 1.69. The number of hydrogen-bond acceptors (Lipinski definition) is 4. The molecule has 1 aromatic rings.